The first-order valence-corrected chi connectivity index (χ1v) is 9.40. The van der Waals surface area contributed by atoms with Crippen LogP contribution in [0.2, 0.25) is 0 Å². The summed E-state index contributed by atoms with van der Waals surface area (Å²) in [6, 6.07) is 18.2. The Kier molecular flexibility index (Phi) is 3.73. The molecular weight excluding hydrogens is 380 g/mol. The molecular formula is C24H16N2O4. The van der Waals surface area contributed by atoms with Gasteiger partial charge in [-0.05, 0) is 46.5 Å². The summed E-state index contributed by atoms with van der Waals surface area (Å²) in [5.74, 6) is -1.16. The lowest BCUT2D eigenvalue weighted by Gasteiger charge is -2.07. The summed E-state index contributed by atoms with van der Waals surface area (Å²) in [7, 11) is 2.96. The zero-order valence-corrected chi connectivity index (χ0v) is 16.3. The minimum atomic E-state index is -0.296. The van der Waals surface area contributed by atoms with Crippen LogP contribution >= 0.6 is 0 Å². The number of hydrogen-bond acceptors (Lipinski definition) is 4. The Morgan fingerprint density at radius 2 is 0.733 bits per heavy atom. The van der Waals surface area contributed by atoms with Crippen LogP contribution in [-0.4, -0.2) is 47.5 Å². The van der Waals surface area contributed by atoms with Crippen molar-refractivity contribution in [3.05, 3.63) is 82.9 Å². The monoisotopic (exact) mass is 396 g/mol. The number of fused-ring (bicyclic) bond motifs is 2. The maximum absolute atomic E-state index is 12.2. The van der Waals surface area contributed by atoms with Crippen LogP contribution in [-0.2, 0) is 0 Å². The topological polar surface area (TPSA) is 74.8 Å². The number of carbonyl (C=O) groups is 4. The molecule has 2 aliphatic heterocycles. The second kappa shape index (κ2) is 6.22. The normalized spacial score (nSPS) is 15.1. The number of hydrogen-bond donors (Lipinski definition) is 0. The predicted octanol–water partition coefficient (Wildman–Crippen LogP) is 3.47. The largest absolute Gasteiger partial charge is 0.277 e. The molecule has 0 saturated heterocycles. The lowest BCUT2D eigenvalue weighted by Crippen LogP contribution is -2.24. The van der Waals surface area contributed by atoms with Gasteiger partial charge in [0.1, 0.15) is 0 Å². The molecule has 6 nitrogen and oxygen atoms in total. The smallest absolute Gasteiger partial charge is 0.261 e. The van der Waals surface area contributed by atoms with Crippen molar-refractivity contribution in [2.24, 2.45) is 0 Å². The number of nitrogens with zero attached hydrogens (tertiary/aromatic N) is 2. The molecule has 0 aliphatic carbocycles. The molecule has 30 heavy (non-hydrogen) atoms. The summed E-state index contributed by atoms with van der Waals surface area (Å²) >= 11 is 0. The Balaban J connectivity index is 1.48. The zero-order valence-electron chi connectivity index (χ0n) is 16.3. The Bertz CT molecular complexity index is 1190. The Morgan fingerprint density at radius 3 is 1.10 bits per heavy atom. The molecule has 2 aliphatic rings. The van der Waals surface area contributed by atoms with E-state index in [0.717, 1.165) is 32.1 Å². The van der Waals surface area contributed by atoms with Gasteiger partial charge in [-0.1, -0.05) is 36.4 Å². The average molecular weight is 396 g/mol. The van der Waals surface area contributed by atoms with E-state index in [0.29, 0.717) is 22.3 Å². The number of amides is 4. The van der Waals surface area contributed by atoms with Crippen LogP contribution in [0.3, 0.4) is 0 Å². The van der Waals surface area contributed by atoms with E-state index in [2.05, 4.69) is 0 Å². The molecule has 0 bridgehead atoms. The van der Waals surface area contributed by atoms with Crippen molar-refractivity contribution in [2.75, 3.05) is 14.1 Å². The lowest BCUT2D eigenvalue weighted by atomic mass is 9.96. The highest BCUT2D eigenvalue weighted by atomic mass is 16.2. The molecule has 5 rings (SSSR count). The van der Waals surface area contributed by atoms with Crippen LogP contribution in [0, 0.1) is 0 Å². The van der Waals surface area contributed by atoms with Crippen LogP contribution in [0.5, 0.6) is 0 Å². The molecule has 0 unspecified atom stereocenters. The van der Waals surface area contributed by atoms with Crippen LogP contribution in [0.15, 0.2) is 60.7 Å². The van der Waals surface area contributed by atoms with Gasteiger partial charge >= 0.3 is 0 Å². The molecule has 0 N–H and O–H groups in total. The third kappa shape index (κ3) is 2.43. The Hall–Kier alpha value is -4.06. The van der Waals surface area contributed by atoms with Crippen molar-refractivity contribution in [2.45, 2.75) is 0 Å². The van der Waals surface area contributed by atoms with Gasteiger partial charge in [0.2, 0.25) is 0 Å². The fourth-order valence-electron chi connectivity index (χ4n) is 3.94. The first-order valence-electron chi connectivity index (χ1n) is 9.40. The molecule has 2 heterocycles. The van der Waals surface area contributed by atoms with Crippen LogP contribution in [0.25, 0.3) is 22.3 Å². The molecule has 0 atom stereocenters. The Labute approximate surface area is 172 Å². The second-order valence-corrected chi connectivity index (χ2v) is 7.44. The number of rotatable bonds is 2. The number of benzene rings is 3. The third-order valence-electron chi connectivity index (χ3n) is 5.73. The highest BCUT2D eigenvalue weighted by molar-refractivity contribution is 6.22. The second-order valence-electron chi connectivity index (χ2n) is 7.44. The van der Waals surface area contributed by atoms with Gasteiger partial charge in [-0.3, -0.25) is 29.0 Å². The van der Waals surface area contributed by atoms with E-state index in [4.69, 9.17) is 0 Å². The number of imide groups is 2. The summed E-state index contributed by atoms with van der Waals surface area (Å²) < 4.78 is 0. The summed E-state index contributed by atoms with van der Waals surface area (Å²) in [5, 5.41) is 0. The van der Waals surface area contributed by atoms with Crippen molar-refractivity contribution in [1.82, 2.24) is 9.80 Å². The number of carbonyl (C=O) groups excluding carboxylic acids is 4. The molecule has 0 aromatic heterocycles. The predicted molar refractivity (Wildman–Crippen MR) is 110 cm³/mol. The van der Waals surface area contributed by atoms with Crippen molar-refractivity contribution >= 4 is 23.6 Å². The van der Waals surface area contributed by atoms with Crippen molar-refractivity contribution in [3.8, 4) is 22.3 Å². The molecule has 0 saturated carbocycles. The highest BCUT2D eigenvalue weighted by Gasteiger charge is 2.33. The standard InChI is InChI=1S/C24H16N2O4/c1-25-21(27)17-9-7-15(11-19(17)23(25)29)13-3-5-14(6-4-13)16-8-10-18-20(12-16)24(30)26(2)22(18)28/h3-12H,1-2H3. The van der Waals surface area contributed by atoms with Crippen molar-refractivity contribution in [3.63, 3.8) is 0 Å². The Morgan fingerprint density at radius 1 is 0.433 bits per heavy atom. The molecule has 0 fully saturated rings. The first-order chi connectivity index (χ1) is 14.4. The van der Waals surface area contributed by atoms with Gasteiger partial charge in [0.05, 0.1) is 22.3 Å². The molecule has 0 radical (unpaired) electrons. The van der Waals surface area contributed by atoms with Crippen molar-refractivity contribution < 1.29 is 19.2 Å². The molecule has 3 aromatic carbocycles. The van der Waals surface area contributed by atoms with E-state index in [1.165, 1.54) is 14.1 Å². The fraction of sp³-hybridized carbons (Fsp3) is 0.0833. The lowest BCUT2D eigenvalue weighted by molar-refractivity contribution is 0.0678. The van der Waals surface area contributed by atoms with Crippen LogP contribution in [0.1, 0.15) is 41.4 Å². The molecule has 146 valence electrons. The van der Waals surface area contributed by atoms with Crippen molar-refractivity contribution in [1.29, 1.82) is 0 Å². The minimum absolute atomic E-state index is 0.285. The van der Waals surface area contributed by atoms with Gasteiger partial charge in [0.25, 0.3) is 23.6 Å². The maximum Gasteiger partial charge on any atom is 0.261 e. The van der Waals surface area contributed by atoms with E-state index in [-0.39, 0.29) is 23.6 Å². The minimum Gasteiger partial charge on any atom is -0.277 e. The van der Waals surface area contributed by atoms with Gasteiger partial charge in [-0.2, -0.15) is 0 Å². The molecule has 3 aromatic rings. The maximum atomic E-state index is 12.2. The summed E-state index contributed by atoms with van der Waals surface area (Å²) in [5.41, 5.74) is 5.16. The zero-order chi connectivity index (χ0) is 21.2. The van der Waals surface area contributed by atoms with Crippen LogP contribution < -0.4 is 0 Å². The molecule has 0 spiro atoms. The quantitative estimate of drug-likeness (QED) is 0.622. The van der Waals surface area contributed by atoms with Gasteiger partial charge in [-0.25, -0.2) is 0 Å². The van der Waals surface area contributed by atoms with E-state index in [1.807, 2.05) is 36.4 Å². The van der Waals surface area contributed by atoms with Crippen LogP contribution in [0.4, 0.5) is 0 Å². The van der Waals surface area contributed by atoms with E-state index >= 15 is 0 Å². The summed E-state index contributed by atoms with van der Waals surface area (Å²) in [4.78, 5) is 50.8. The van der Waals surface area contributed by atoms with Gasteiger partial charge in [-0.15, -0.1) is 0 Å². The summed E-state index contributed by atoms with van der Waals surface area (Å²) in [6.45, 7) is 0. The van der Waals surface area contributed by atoms with E-state index in [9.17, 15) is 19.2 Å². The van der Waals surface area contributed by atoms with E-state index in [1.54, 1.807) is 24.3 Å². The fourth-order valence-corrected chi connectivity index (χ4v) is 3.94. The molecule has 4 amide bonds. The summed E-state index contributed by atoms with van der Waals surface area (Å²) in [6.07, 6.45) is 0. The average Bonchev–Trinajstić information content (AvgIpc) is 3.13. The highest BCUT2D eigenvalue weighted by Crippen LogP contribution is 2.31. The van der Waals surface area contributed by atoms with Gasteiger partial charge < -0.3 is 0 Å². The third-order valence-corrected chi connectivity index (χ3v) is 5.73. The van der Waals surface area contributed by atoms with Gasteiger partial charge in [0.15, 0.2) is 0 Å². The van der Waals surface area contributed by atoms with E-state index < -0.39 is 0 Å². The van der Waals surface area contributed by atoms with Gasteiger partial charge in [0, 0.05) is 14.1 Å². The molecule has 6 heteroatoms. The SMILES string of the molecule is CN1C(=O)c2ccc(-c3ccc(-c4ccc5c(c4)C(=O)N(C)C5=O)cc3)cc2C1=O. The first kappa shape index (κ1) is 18.0.